The molecule has 1 aliphatic rings. The second-order valence-corrected chi connectivity index (χ2v) is 9.30. The maximum atomic E-state index is 13.0. The number of rotatable bonds is 7. The van der Waals surface area contributed by atoms with E-state index in [0.717, 1.165) is 24.0 Å². The molecule has 28 heavy (non-hydrogen) atoms. The fraction of sp³-hybridized carbons (Fsp3) is 0.400. The Morgan fingerprint density at radius 1 is 1.29 bits per heavy atom. The van der Waals surface area contributed by atoms with Crippen LogP contribution in [-0.4, -0.2) is 25.1 Å². The molecule has 0 radical (unpaired) electrons. The number of carbonyl (C=O) groups is 1. The molecule has 5 nitrogen and oxygen atoms in total. The number of carbonyl (C=O) groups excluding carboxylic acids is 1. The molecule has 150 valence electrons. The average molecular weight is 439 g/mol. The van der Waals surface area contributed by atoms with Crippen molar-refractivity contribution in [1.29, 1.82) is 0 Å². The molecule has 1 amide bonds. The first-order valence-corrected chi connectivity index (χ1v) is 12.0. The molecular weight excluding hydrogens is 416 g/mol. The van der Waals surface area contributed by atoms with Crippen LogP contribution in [0.15, 0.2) is 35.9 Å². The summed E-state index contributed by atoms with van der Waals surface area (Å²) in [6, 6.07) is 5.40. The summed E-state index contributed by atoms with van der Waals surface area (Å²) in [5.41, 5.74) is 2.09. The Morgan fingerprint density at radius 2 is 2.07 bits per heavy atom. The van der Waals surface area contributed by atoms with Crippen molar-refractivity contribution in [3.05, 3.63) is 52.0 Å². The van der Waals surface area contributed by atoms with Crippen molar-refractivity contribution >= 4 is 50.3 Å². The Balaban J connectivity index is 1.88. The van der Waals surface area contributed by atoms with E-state index in [2.05, 4.69) is 16.4 Å². The number of aryl methyl sites for hydroxylation is 1. The van der Waals surface area contributed by atoms with Crippen LogP contribution in [0.1, 0.15) is 43.2 Å². The predicted octanol–water partition coefficient (Wildman–Crippen LogP) is 4.55. The lowest BCUT2D eigenvalue weighted by Gasteiger charge is -2.20. The number of amides is 1. The zero-order valence-corrected chi connectivity index (χ0v) is 17.9. The van der Waals surface area contributed by atoms with Gasteiger partial charge >= 0.3 is 0 Å². The molecule has 1 aliphatic carbocycles. The number of hydrogen-bond donors (Lipinski definition) is 2. The van der Waals surface area contributed by atoms with Crippen LogP contribution < -0.4 is 5.32 Å². The smallest absolute Gasteiger partial charge is 0.257 e. The van der Waals surface area contributed by atoms with Crippen molar-refractivity contribution in [2.75, 3.05) is 11.1 Å². The molecule has 0 bridgehead atoms. The Kier molecular flexibility index (Phi) is 7.65. The first-order chi connectivity index (χ1) is 13.5. The van der Waals surface area contributed by atoms with E-state index in [1.807, 2.05) is 17.5 Å². The second kappa shape index (κ2) is 10.2. The van der Waals surface area contributed by atoms with E-state index in [4.69, 9.17) is 11.6 Å². The quantitative estimate of drug-likeness (QED) is 0.491. The van der Waals surface area contributed by atoms with Crippen LogP contribution in [0.4, 0.5) is 5.13 Å². The molecule has 0 saturated heterocycles. The number of hydrogen-bond acceptors (Lipinski definition) is 5. The van der Waals surface area contributed by atoms with E-state index in [1.54, 1.807) is 12.3 Å². The predicted molar refractivity (Wildman–Crippen MR) is 116 cm³/mol. The summed E-state index contributed by atoms with van der Waals surface area (Å²) in [6.07, 6.45) is 9.83. The minimum absolute atomic E-state index is 0.0592. The van der Waals surface area contributed by atoms with Gasteiger partial charge in [0.1, 0.15) is 10.7 Å². The number of nitrogens with one attached hydrogen (secondary N) is 1. The van der Waals surface area contributed by atoms with Crippen LogP contribution in [0.2, 0.25) is 5.02 Å². The van der Waals surface area contributed by atoms with Crippen LogP contribution in [0.25, 0.3) is 5.57 Å². The zero-order chi connectivity index (χ0) is 19.9. The van der Waals surface area contributed by atoms with Gasteiger partial charge in [0.2, 0.25) is 0 Å². The van der Waals surface area contributed by atoms with Crippen molar-refractivity contribution in [1.82, 2.24) is 4.98 Å². The monoisotopic (exact) mass is 438 g/mol. The van der Waals surface area contributed by atoms with Gasteiger partial charge in [0.25, 0.3) is 5.91 Å². The molecule has 8 heteroatoms. The number of aromatic nitrogens is 1. The summed E-state index contributed by atoms with van der Waals surface area (Å²) >= 11 is 7.75. The summed E-state index contributed by atoms with van der Waals surface area (Å²) in [4.78, 5) is 17.1. The molecule has 0 unspecified atom stereocenters. The lowest BCUT2D eigenvalue weighted by Crippen LogP contribution is -2.15. The van der Waals surface area contributed by atoms with Crippen LogP contribution in [-0.2, 0) is 21.9 Å². The van der Waals surface area contributed by atoms with E-state index < -0.39 is 10.7 Å². The van der Waals surface area contributed by atoms with Gasteiger partial charge in [-0.2, -0.15) is 0 Å². The highest BCUT2D eigenvalue weighted by Gasteiger charge is 2.19. The molecule has 1 saturated carbocycles. The van der Waals surface area contributed by atoms with E-state index in [9.17, 15) is 13.2 Å². The normalized spacial score (nSPS) is 15.7. The van der Waals surface area contributed by atoms with Crippen LogP contribution >= 0.6 is 22.9 Å². The molecule has 0 atom stereocenters. The number of anilines is 1. The van der Waals surface area contributed by atoms with Crippen LogP contribution in [0.3, 0.4) is 0 Å². The van der Waals surface area contributed by atoms with Gasteiger partial charge in [0.05, 0.1) is 5.75 Å². The van der Waals surface area contributed by atoms with Gasteiger partial charge in [-0.25, -0.2) is 13.4 Å². The maximum Gasteiger partial charge on any atom is 0.257 e. The van der Waals surface area contributed by atoms with Crippen molar-refractivity contribution in [2.24, 2.45) is 5.92 Å². The maximum absolute atomic E-state index is 13.0. The summed E-state index contributed by atoms with van der Waals surface area (Å²) < 4.78 is 21.7. The third kappa shape index (κ3) is 5.90. The Bertz CT molecular complexity index is 910. The standard InChI is InChI=1S/C20H23ClN2O3S2/c21-18-13-16(7-6-15(18)8-11-28(25)26)17(12-14-4-2-1-3-5-14)19(24)23-20-22-9-10-27-20/h6-7,9-10,12-14,28H,1-5,8,11H2,(H,22,23,24)/b17-12+. The molecule has 1 aromatic carbocycles. The SMILES string of the molecule is O=C(Nc1nccs1)/C(=C/C1CCCCC1)c1ccc(CC[SH](=O)=O)c(Cl)c1. The van der Waals surface area contributed by atoms with Gasteiger partial charge in [-0.1, -0.05) is 49.1 Å². The Hall–Kier alpha value is -1.70. The molecule has 0 aliphatic heterocycles. The second-order valence-electron chi connectivity index (χ2n) is 6.88. The fourth-order valence-corrected chi connectivity index (χ4v) is 4.64. The van der Waals surface area contributed by atoms with Crippen molar-refractivity contribution in [3.8, 4) is 0 Å². The molecule has 0 spiro atoms. The van der Waals surface area contributed by atoms with E-state index in [0.29, 0.717) is 28.1 Å². The highest BCUT2D eigenvalue weighted by atomic mass is 35.5. The number of nitrogens with zero attached hydrogens (tertiary/aromatic N) is 1. The number of thiol groups is 1. The third-order valence-electron chi connectivity index (χ3n) is 4.88. The molecule has 1 N–H and O–H groups in total. The summed E-state index contributed by atoms with van der Waals surface area (Å²) in [5.74, 6) is 0.227. The number of benzene rings is 1. The largest absolute Gasteiger partial charge is 0.298 e. The minimum Gasteiger partial charge on any atom is -0.298 e. The van der Waals surface area contributed by atoms with E-state index >= 15 is 0 Å². The van der Waals surface area contributed by atoms with Gasteiger partial charge in [-0.15, -0.1) is 11.3 Å². The highest BCUT2D eigenvalue weighted by molar-refractivity contribution is 7.72. The van der Waals surface area contributed by atoms with E-state index in [-0.39, 0.29) is 11.7 Å². The Morgan fingerprint density at radius 3 is 2.71 bits per heavy atom. The number of thiazole rings is 1. The summed E-state index contributed by atoms with van der Waals surface area (Å²) in [7, 11) is -2.44. The average Bonchev–Trinajstić information content (AvgIpc) is 3.18. The molecule has 2 aromatic rings. The Labute approximate surface area is 175 Å². The molecule has 3 rings (SSSR count). The topological polar surface area (TPSA) is 76.1 Å². The lowest BCUT2D eigenvalue weighted by molar-refractivity contribution is -0.111. The van der Waals surface area contributed by atoms with Crippen molar-refractivity contribution in [2.45, 2.75) is 38.5 Å². The first kappa shape index (κ1) is 21.0. The van der Waals surface area contributed by atoms with Gasteiger partial charge in [-0.3, -0.25) is 10.1 Å². The van der Waals surface area contributed by atoms with Gasteiger partial charge in [0.15, 0.2) is 5.13 Å². The molecule has 1 aromatic heterocycles. The van der Waals surface area contributed by atoms with Gasteiger partial charge < -0.3 is 0 Å². The van der Waals surface area contributed by atoms with Crippen molar-refractivity contribution < 1.29 is 13.2 Å². The fourth-order valence-electron chi connectivity index (χ4n) is 3.42. The van der Waals surface area contributed by atoms with Gasteiger partial charge in [0, 0.05) is 22.2 Å². The molecule has 1 heterocycles. The molecule has 1 fully saturated rings. The summed E-state index contributed by atoms with van der Waals surface area (Å²) in [5, 5.41) is 5.71. The minimum atomic E-state index is -2.44. The third-order valence-corrected chi connectivity index (χ3v) is 6.51. The first-order valence-electron chi connectivity index (χ1n) is 9.36. The highest BCUT2D eigenvalue weighted by Crippen LogP contribution is 2.30. The zero-order valence-electron chi connectivity index (χ0n) is 15.4. The number of allylic oxidation sites excluding steroid dienone is 1. The summed E-state index contributed by atoms with van der Waals surface area (Å²) in [6.45, 7) is 0. The number of halogens is 1. The van der Waals surface area contributed by atoms with E-state index in [1.165, 1.54) is 30.6 Å². The molecular formula is C20H23ClN2O3S2. The van der Waals surface area contributed by atoms with Crippen LogP contribution in [0, 0.1) is 5.92 Å². The van der Waals surface area contributed by atoms with Crippen molar-refractivity contribution in [3.63, 3.8) is 0 Å². The van der Waals surface area contributed by atoms with Crippen LogP contribution in [0.5, 0.6) is 0 Å². The lowest BCUT2D eigenvalue weighted by atomic mass is 9.86. The van der Waals surface area contributed by atoms with Gasteiger partial charge in [-0.05, 0) is 42.4 Å².